The SMILES string of the molecule is CCS(=O)(=O)CCNc1ccncc1C(=O)O. The lowest BCUT2D eigenvalue weighted by Gasteiger charge is -2.08. The van der Waals surface area contributed by atoms with Crippen LogP contribution in [0, 0.1) is 0 Å². The Morgan fingerprint density at radius 1 is 1.53 bits per heavy atom. The van der Waals surface area contributed by atoms with Crippen LogP contribution in [0.15, 0.2) is 18.5 Å². The van der Waals surface area contributed by atoms with Gasteiger partial charge in [0, 0.05) is 24.7 Å². The van der Waals surface area contributed by atoms with Gasteiger partial charge in [0.25, 0.3) is 0 Å². The summed E-state index contributed by atoms with van der Waals surface area (Å²) >= 11 is 0. The minimum absolute atomic E-state index is 0.0229. The van der Waals surface area contributed by atoms with Gasteiger partial charge in [-0.25, -0.2) is 13.2 Å². The van der Waals surface area contributed by atoms with E-state index < -0.39 is 15.8 Å². The zero-order valence-electron chi connectivity index (χ0n) is 9.38. The summed E-state index contributed by atoms with van der Waals surface area (Å²) in [4.78, 5) is 14.5. The van der Waals surface area contributed by atoms with Gasteiger partial charge in [0.15, 0.2) is 9.84 Å². The second kappa shape index (κ2) is 5.62. The number of nitrogens with one attached hydrogen (secondary N) is 1. The van der Waals surface area contributed by atoms with Gasteiger partial charge in [-0.05, 0) is 6.07 Å². The van der Waals surface area contributed by atoms with E-state index in [0.717, 1.165) is 0 Å². The van der Waals surface area contributed by atoms with Gasteiger partial charge in [-0.2, -0.15) is 0 Å². The molecular weight excluding hydrogens is 244 g/mol. The first kappa shape index (κ1) is 13.4. The maximum atomic E-state index is 11.2. The molecule has 6 nitrogen and oxygen atoms in total. The van der Waals surface area contributed by atoms with Crippen LogP contribution in [0.3, 0.4) is 0 Å². The molecule has 7 heteroatoms. The fourth-order valence-electron chi connectivity index (χ4n) is 1.20. The summed E-state index contributed by atoms with van der Waals surface area (Å²) in [5.41, 5.74) is 0.403. The molecule has 0 bridgehead atoms. The predicted molar refractivity (Wildman–Crippen MR) is 64.0 cm³/mol. The van der Waals surface area contributed by atoms with Crippen molar-refractivity contribution in [2.45, 2.75) is 6.92 Å². The average molecular weight is 258 g/mol. The van der Waals surface area contributed by atoms with Crippen molar-refractivity contribution in [3.63, 3.8) is 0 Å². The molecular formula is C10H14N2O4S. The van der Waals surface area contributed by atoms with E-state index >= 15 is 0 Å². The summed E-state index contributed by atoms with van der Waals surface area (Å²) in [7, 11) is -3.05. The van der Waals surface area contributed by atoms with Gasteiger partial charge in [0.05, 0.1) is 11.4 Å². The van der Waals surface area contributed by atoms with Crippen molar-refractivity contribution >= 4 is 21.5 Å². The number of carbonyl (C=O) groups is 1. The predicted octanol–water partition coefficient (Wildman–Crippen LogP) is 0.626. The summed E-state index contributed by atoms with van der Waals surface area (Å²) in [6.45, 7) is 1.75. The zero-order valence-corrected chi connectivity index (χ0v) is 10.2. The smallest absolute Gasteiger partial charge is 0.339 e. The monoisotopic (exact) mass is 258 g/mol. The van der Waals surface area contributed by atoms with Gasteiger partial charge in [0.1, 0.15) is 5.56 Å². The highest BCUT2D eigenvalue weighted by Crippen LogP contribution is 2.12. The zero-order chi connectivity index (χ0) is 12.9. The number of hydrogen-bond donors (Lipinski definition) is 2. The van der Waals surface area contributed by atoms with E-state index in [1.165, 1.54) is 18.5 Å². The number of aromatic carboxylic acids is 1. The number of sulfone groups is 1. The molecule has 0 spiro atoms. The first-order valence-electron chi connectivity index (χ1n) is 5.08. The number of anilines is 1. The number of hydrogen-bond acceptors (Lipinski definition) is 5. The first-order valence-corrected chi connectivity index (χ1v) is 6.90. The quantitative estimate of drug-likeness (QED) is 0.776. The molecule has 0 aliphatic carbocycles. The lowest BCUT2D eigenvalue weighted by Crippen LogP contribution is -2.18. The summed E-state index contributed by atoms with van der Waals surface area (Å²) in [6, 6.07) is 1.50. The van der Waals surface area contributed by atoms with Crippen molar-refractivity contribution in [3.05, 3.63) is 24.0 Å². The molecule has 0 aliphatic rings. The number of carboxylic acid groups (broad SMARTS) is 1. The van der Waals surface area contributed by atoms with Gasteiger partial charge in [-0.15, -0.1) is 0 Å². The molecule has 0 saturated carbocycles. The van der Waals surface area contributed by atoms with Crippen molar-refractivity contribution in [2.75, 3.05) is 23.4 Å². The van der Waals surface area contributed by atoms with E-state index in [-0.39, 0.29) is 23.6 Å². The van der Waals surface area contributed by atoms with Crippen molar-refractivity contribution in [3.8, 4) is 0 Å². The first-order chi connectivity index (χ1) is 7.96. The normalized spacial score (nSPS) is 11.1. The topological polar surface area (TPSA) is 96.4 Å². The highest BCUT2D eigenvalue weighted by atomic mass is 32.2. The minimum Gasteiger partial charge on any atom is -0.478 e. The van der Waals surface area contributed by atoms with Crippen LogP contribution in [-0.4, -0.2) is 42.5 Å². The molecule has 1 heterocycles. The van der Waals surface area contributed by atoms with E-state index in [1.807, 2.05) is 0 Å². The van der Waals surface area contributed by atoms with Crippen molar-refractivity contribution in [2.24, 2.45) is 0 Å². The minimum atomic E-state index is -3.05. The fourth-order valence-corrected chi connectivity index (χ4v) is 1.91. The molecule has 0 aromatic carbocycles. The largest absolute Gasteiger partial charge is 0.478 e. The van der Waals surface area contributed by atoms with Crippen LogP contribution in [-0.2, 0) is 9.84 Å². The third-order valence-corrected chi connectivity index (χ3v) is 3.93. The molecule has 1 aromatic heterocycles. The van der Waals surface area contributed by atoms with Crippen LogP contribution in [0.25, 0.3) is 0 Å². The van der Waals surface area contributed by atoms with E-state index in [4.69, 9.17) is 5.11 Å². The molecule has 94 valence electrons. The van der Waals surface area contributed by atoms with Crippen LogP contribution in [0.2, 0.25) is 0 Å². The van der Waals surface area contributed by atoms with Crippen LogP contribution in [0.5, 0.6) is 0 Å². The standard InChI is InChI=1S/C10H14N2O4S/c1-2-17(15,16)6-5-12-9-3-4-11-7-8(9)10(13)14/h3-4,7H,2,5-6H2,1H3,(H,11,12)(H,13,14). The Hall–Kier alpha value is -1.63. The highest BCUT2D eigenvalue weighted by molar-refractivity contribution is 7.91. The van der Waals surface area contributed by atoms with Gasteiger partial charge in [-0.3, -0.25) is 4.98 Å². The van der Waals surface area contributed by atoms with Crippen LogP contribution < -0.4 is 5.32 Å². The molecule has 0 amide bonds. The molecule has 0 aliphatic heterocycles. The summed E-state index contributed by atoms with van der Waals surface area (Å²) < 4.78 is 22.5. The van der Waals surface area contributed by atoms with Crippen molar-refractivity contribution in [1.29, 1.82) is 0 Å². The fraction of sp³-hybridized carbons (Fsp3) is 0.400. The Morgan fingerprint density at radius 3 is 2.82 bits per heavy atom. The Kier molecular flexibility index (Phi) is 4.45. The molecule has 2 N–H and O–H groups in total. The Labute approximate surface area is 99.6 Å². The lowest BCUT2D eigenvalue weighted by atomic mass is 10.2. The summed E-state index contributed by atoms with van der Waals surface area (Å²) in [6.07, 6.45) is 2.67. The maximum Gasteiger partial charge on any atom is 0.339 e. The average Bonchev–Trinajstić information content (AvgIpc) is 2.29. The second-order valence-corrected chi connectivity index (χ2v) is 5.86. The Balaban J connectivity index is 2.67. The molecule has 1 rings (SSSR count). The highest BCUT2D eigenvalue weighted by Gasteiger charge is 2.11. The van der Waals surface area contributed by atoms with E-state index in [0.29, 0.717) is 5.69 Å². The van der Waals surface area contributed by atoms with Gasteiger partial charge >= 0.3 is 5.97 Å². The summed E-state index contributed by atoms with van der Waals surface area (Å²) in [5, 5.41) is 11.7. The number of nitrogens with zero attached hydrogens (tertiary/aromatic N) is 1. The molecule has 0 saturated heterocycles. The number of rotatable bonds is 6. The number of carboxylic acids is 1. The Morgan fingerprint density at radius 2 is 2.24 bits per heavy atom. The van der Waals surface area contributed by atoms with Crippen LogP contribution in [0.1, 0.15) is 17.3 Å². The molecule has 0 unspecified atom stereocenters. The number of aromatic nitrogens is 1. The van der Waals surface area contributed by atoms with Gasteiger partial charge in [-0.1, -0.05) is 6.92 Å². The van der Waals surface area contributed by atoms with Crippen LogP contribution >= 0.6 is 0 Å². The second-order valence-electron chi connectivity index (χ2n) is 3.39. The third kappa shape index (κ3) is 4.03. The molecule has 1 aromatic rings. The number of pyridine rings is 1. The third-order valence-electron chi connectivity index (χ3n) is 2.22. The molecule has 17 heavy (non-hydrogen) atoms. The van der Waals surface area contributed by atoms with E-state index in [2.05, 4.69) is 10.3 Å². The molecule has 0 atom stereocenters. The van der Waals surface area contributed by atoms with Gasteiger partial charge in [0.2, 0.25) is 0 Å². The van der Waals surface area contributed by atoms with Crippen molar-refractivity contribution in [1.82, 2.24) is 4.98 Å². The van der Waals surface area contributed by atoms with E-state index in [1.54, 1.807) is 6.92 Å². The lowest BCUT2D eigenvalue weighted by molar-refractivity contribution is 0.0697. The summed E-state index contributed by atoms with van der Waals surface area (Å²) in [5.74, 6) is -1.04. The Bertz CT molecular complexity index is 499. The van der Waals surface area contributed by atoms with Gasteiger partial charge < -0.3 is 10.4 Å². The van der Waals surface area contributed by atoms with Crippen molar-refractivity contribution < 1.29 is 18.3 Å². The van der Waals surface area contributed by atoms with Crippen LogP contribution in [0.4, 0.5) is 5.69 Å². The van der Waals surface area contributed by atoms with E-state index in [9.17, 15) is 13.2 Å². The maximum absolute atomic E-state index is 11.2. The molecule has 0 fully saturated rings. The molecule has 0 radical (unpaired) electrons.